The van der Waals surface area contributed by atoms with Crippen molar-refractivity contribution in [2.24, 2.45) is 0 Å². The van der Waals surface area contributed by atoms with Crippen LogP contribution in [0.25, 0.3) is 0 Å². The van der Waals surface area contributed by atoms with Crippen LogP contribution in [0.4, 0.5) is 5.69 Å². The third kappa shape index (κ3) is 2.87. The lowest BCUT2D eigenvalue weighted by atomic mass is 10.3. The first-order valence-electron chi connectivity index (χ1n) is 6.18. The Balaban J connectivity index is 2.05. The monoisotopic (exact) mass is 229 g/mol. The molecule has 1 N–H and O–H groups in total. The van der Waals surface area contributed by atoms with Crippen molar-refractivity contribution in [1.82, 2.24) is 9.78 Å². The smallest absolute Gasteiger partial charge is 0.0625 e. The molecule has 0 saturated carbocycles. The number of aryl methyl sites for hydroxylation is 2. The van der Waals surface area contributed by atoms with Crippen molar-refractivity contribution in [3.63, 3.8) is 0 Å². The SMILES string of the molecule is CCc1cc(CNc2ccccc2)n(CC)n1. The maximum atomic E-state index is 4.54. The third-order valence-electron chi connectivity index (χ3n) is 2.82. The van der Waals surface area contributed by atoms with E-state index in [9.17, 15) is 0 Å². The number of hydrogen-bond donors (Lipinski definition) is 1. The van der Waals surface area contributed by atoms with Gasteiger partial charge in [-0.05, 0) is 31.5 Å². The van der Waals surface area contributed by atoms with Crippen molar-refractivity contribution in [3.05, 3.63) is 47.8 Å². The molecule has 1 aromatic carbocycles. The predicted molar refractivity (Wildman–Crippen MR) is 71.0 cm³/mol. The third-order valence-corrected chi connectivity index (χ3v) is 2.82. The lowest BCUT2D eigenvalue weighted by Crippen LogP contribution is -2.07. The molecule has 0 saturated heterocycles. The Morgan fingerprint density at radius 3 is 2.59 bits per heavy atom. The van der Waals surface area contributed by atoms with E-state index in [1.54, 1.807) is 0 Å². The number of nitrogens with one attached hydrogen (secondary N) is 1. The standard InChI is InChI=1S/C14H19N3/c1-3-12-10-14(17(4-2)16-12)11-15-13-8-6-5-7-9-13/h5-10,15H,3-4,11H2,1-2H3. The molecule has 3 heteroatoms. The highest BCUT2D eigenvalue weighted by atomic mass is 15.3. The molecule has 1 aromatic heterocycles. The van der Waals surface area contributed by atoms with Crippen molar-refractivity contribution in [2.75, 3.05) is 5.32 Å². The van der Waals surface area contributed by atoms with Crippen molar-refractivity contribution in [1.29, 1.82) is 0 Å². The van der Waals surface area contributed by atoms with Crippen LogP contribution in [0.5, 0.6) is 0 Å². The van der Waals surface area contributed by atoms with Crippen molar-refractivity contribution < 1.29 is 0 Å². The molecule has 3 nitrogen and oxygen atoms in total. The van der Waals surface area contributed by atoms with Gasteiger partial charge in [-0.2, -0.15) is 5.10 Å². The average Bonchev–Trinajstić information content (AvgIpc) is 2.80. The van der Waals surface area contributed by atoms with Crippen molar-refractivity contribution in [2.45, 2.75) is 33.4 Å². The van der Waals surface area contributed by atoms with E-state index in [1.165, 1.54) is 5.69 Å². The summed E-state index contributed by atoms with van der Waals surface area (Å²) in [5, 5.41) is 7.95. The average molecular weight is 229 g/mol. The van der Waals surface area contributed by atoms with Crippen LogP contribution in [0.2, 0.25) is 0 Å². The van der Waals surface area contributed by atoms with Crippen LogP contribution in [-0.4, -0.2) is 9.78 Å². The van der Waals surface area contributed by atoms with Gasteiger partial charge in [-0.3, -0.25) is 4.68 Å². The molecule has 2 rings (SSSR count). The van der Waals surface area contributed by atoms with Crippen molar-refractivity contribution in [3.8, 4) is 0 Å². The quantitative estimate of drug-likeness (QED) is 0.854. The van der Waals surface area contributed by atoms with Gasteiger partial charge in [0.25, 0.3) is 0 Å². The van der Waals surface area contributed by atoms with Gasteiger partial charge < -0.3 is 5.32 Å². The van der Waals surface area contributed by atoms with Gasteiger partial charge in [-0.15, -0.1) is 0 Å². The summed E-state index contributed by atoms with van der Waals surface area (Å²) in [6.07, 6.45) is 0.991. The molecule has 0 amide bonds. The molecule has 0 radical (unpaired) electrons. The van der Waals surface area contributed by atoms with Crippen LogP contribution < -0.4 is 5.32 Å². The number of para-hydroxylation sites is 1. The second-order valence-electron chi connectivity index (χ2n) is 4.02. The fourth-order valence-electron chi connectivity index (χ4n) is 1.85. The Hall–Kier alpha value is -1.77. The minimum Gasteiger partial charge on any atom is -0.379 e. The number of benzene rings is 1. The lowest BCUT2D eigenvalue weighted by molar-refractivity contribution is 0.619. The van der Waals surface area contributed by atoms with Crippen molar-refractivity contribution >= 4 is 5.69 Å². The summed E-state index contributed by atoms with van der Waals surface area (Å²) in [6, 6.07) is 12.4. The number of aromatic nitrogens is 2. The number of hydrogen-bond acceptors (Lipinski definition) is 2. The first-order chi connectivity index (χ1) is 8.33. The molecule has 90 valence electrons. The largest absolute Gasteiger partial charge is 0.379 e. The molecule has 0 fully saturated rings. The number of rotatable bonds is 5. The maximum Gasteiger partial charge on any atom is 0.0625 e. The zero-order chi connectivity index (χ0) is 12.1. The molecule has 0 atom stereocenters. The van der Waals surface area contributed by atoms with E-state index < -0.39 is 0 Å². The van der Waals surface area contributed by atoms with E-state index in [0.29, 0.717) is 0 Å². The maximum absolute atomic E-state index is 4.54. The van der Waals surface area contributed by atoms with E-state index in [-0.39, 0.29) is 0 Å². The van der Waals surface area contributed by atoms with Gasteiger partial charge in [0.15, 0.2) is 0 Å². The molecule has 0 aliphatic heterocycles. The summed E-state index contributed by atoms with van der Waals surface area (Å²) in [4.78, 5) is 0. The normalized spacial score (nSPS) is 10.5. The molecule has 0 spiro atoms. The second-order valence-corrected chi connectivity index (χ2v) is 4.02. The molecule has 0 aliphatic carbocycles. The summed E-state index contributed by atoms with van der Waals surface area (Å²) < 4.78 is 2.06. The lowest BCUT2D eigenvalue weighted by Gasteiger charge is -2.07. The molecular formula is C14H19N3. The van der Waals surface area contributed by atoms with Gasteiger partial charge in [-0.1, -0.05) is 25.1 Å². The minimum atomic E-state index is 0.824. The highest BCUT2D eigenvalue weighted by Crippen LogP contribution is 2.10. The van der Waals surface area contributed by atoms with E-state index in [0.717, 1.165) is 30.9 Å². The number of nitrogens with zero attached hydrogens (tertiary/aromatic N) is 2. The fraction of sp³-hybridized carbons (Fsp3) is 0.357. The van der Waals surface area contributed by atoms with E-state index >= 15 is 0 Å². The molecule has 0 aliphatic rings. The van der Waals surface area contributed by atoms with Gasteiger partial charge in [0, 0.05) is 12.2 Å². The predicted octanol–water partition coefficient (Wildman–Crippen LogP) is 3.08. The molecule has 0 unspecified atom stereocenters. The molecule has 1 heterocycles. The topological polar surface area (TPSA) is 29.9 Å². The summed E-state index contributed by atoms with van der Waals surface area (Å²) in [5.41, 5.74) is 3.55. The van der Waals surface area contributed by atoms with Crippen LogP contribution in [0.1, 0.15) is 25.2 Å². The second kappa shape index (κ2) is 5.53. The summed E-state index contributed by atoms with van der Waals surface area (Å²) in [6.45, 7) is 6.01. The summed E-state index contributed by atoms with van der Waals surface area (Å²) >= 11 is 0. The summed E-state index contributed by atoms with van der Waals surface area (Å²) in [7, 11) is 0. The van der Waals surface area contributed by atoms with Crippen LogP contribution in [-0.2, 0) is 19.5 Å². The first-order valence-corrected chi connectivity index (χ1v) is 6.18. The van der Waals surface area contributed by atoms with Gasteiger partial charge in [0.1, 0.15) is 0 Å². The Morgan fingerprint density at radius 1 is 1.18 bits per heavy atom. The highest BCUT2D eigenvalue weighted by Gasteiger charge is 2.04. The van der Waals surface area contributed by atoms with Crippen LogP contribution in [0.15, 0.2) is 36.4 Å². The van der Waals surface area contributed by atoms with E-state index in [1.807, 2.05) is 18.2 Å². The molecule has 17 heavy (non-hydrogen) atoms. The summed E-state index contributed by atoms with van der Waals surface area (Å²) in [5.74, 6) is 0. The fourth-order valence-corrected chi connectivity index (χ4v) is 1.85. The Labute approximate surface area is 102 Å². The van der Waals surface area contributed by atoms with Gasteiger partial charge in [0.2, 0.25) is 0 Å². The molecular weight excluding hydrogens is 210 g/mol. The van der Waals surface area contributed by atoms with Gasteiger partial charge >= 0.3 is 0 Å². The first kappa shape index (κ1) is 11.7. The van der Waals surface area contributed by atoms with Gasteiger partial charge in [-0.25, -0.2) is 0 Å². The van der Waals surface area contributed by atoms with E-state index in [4.69, 9.17) is 0 Å². The molecule has 0 bridgehead atoms. The van der Waals surface area contributed by atoms with Crippen LogP contribution in [0.3, 0.4) is 0 Å². The number of anilines is 1. The minimum absolute atomic E-state index is 0.824. The zero-order valence-electron chi connectivity index (χ0n) is 10.5. The Morgan fingerprint density at radius 2 is 1.94 bits per heavy atom. The van der Waals surface area contributed by atoms with Crippen LogP contribution in [0, 0.1) is 0 Å². The zero-order valence-corrected chi connectivity index (χ0v) is 10.5. The Bertz CT molecular complexity index is 460. The highest BCUT2D eigenvalue weighted by molar-refractivity contribution is 5.42. The van der Waals surface area contributed by atoms with Gasteiger partial charge in [0.05, 0.1) is 17.9 Å². The van der Waals surface area contributed by atoms with E-state index in [2.05, 4.69) is 47.1 Å². The Kier molecular flexibility index (Phi) is 3.81. The van der Waals surface area contributed by atoms with Crippen LogP contribution >= 0.6 is 0 Å². The molecule has 2 aromatic rings.